The molecule has 0 bridgehead atoms. The number of likely N-dealkylation sites (tertiary alicyclic amines) is 1. The van der Waals surface area contributed by atoms with E-state index in [2.05, 4.69) is 54.6 Å². The van der Waals surface area contributed by atoms with Crippen LogP contribution in [0.2, 0.25) is 0 Å². The van der Waals surface area contributed by atoms with Gasteiger partial charge < -0.3 is 10.2 Å². The molecule has 0 aliphatic carbocycles. The lowest BCUT2D eigenvalue weighted by Crippen LogP contribution is -2.52. The van der Waals surface area contributed by atoms with Gasteiger partial charge in [0.15, 0.2) is 0 Å². The molecule has 2 aromatic rings. The monoisotopic (exact) mass is 397 g/mol. The van der Waals surface area contributed by atoms with E-state index in [1.54, 1.807) is 0 Å². The maximum atomic E-state index is 12.8. The lowest BCUT2D eigenvalue weighted by molar-refractivity contribution is 0.127. The maximum absolute atomic E-state index is 12.8. The third-order valence-electron chi connectivity index (χ3n) is 5.96. The predicted molar refractivity (Wildman–Crippen MR) is 111 cm³/mol. The van der Waals surface area contributed by atoms with Gasteiger partial charge in [0.25, 0.3) is 0 Å². The van der Waals surface area contributed by atoms with E-state index in [-0.39, 0.29) is 12.1 Å². The van der Waals surface area contributed by atoms with Crippen molar-refractivity contribution >= 4 is 6.03 Å². The van der Waals surface area contributed by atoms with Crippen molar-refractivity contribution in [1.29, 1.82) is 0 Å². The smallest absolute Gasteiger partial charge is 0.317 e. The van der Waals surface area contributed by atoms with E-state index in [9.17, 15) is 4.79 Å². The van der Waals surface area contributed by atoms with Gasteiger partial charge in [-0.3, -0.25) is 14.9 Å². The van der Waals surface area contributed by atoms with E-state index in [0.29, 0.717) is 6.54 Å². The topological polar surface area (TPSA) is 80.4 Å². The van der Waals surface area contributed by atoms with Crippen molar-refractivity contribution in [2.24, 2.45) is 0 Å². The van der Waals surface area contributed by atoms with E-state index >= 15 is 0 Å². The van der Waals surface area contributed by atoms with Gasteiger partial charge in [-0.2, -0.15) is 5.10 Å². The Hall–Kier alpha value is -2.45. The van der Waals surface area contributed by atoms with Crippen molar-refractivity contribution in [3.63, 3.8) is 0 Å². The van der Waals surface area contributed by atoms with Gasteiger partial charge in [0.05, 0.1) is 12.6 Å². The predicted octanol–water partition coefficient (Wildman–Crippen LogP) is 1.86. The van der Waals surface area contributed by atoms with Crippen LogP contribution in [-0.4, -0.2) is 81.7 Å². The summed E-state index contributed by atoms with van der Waals surface area (Å²) >= 11 is 0. The number of carbonyl (C=O) groups excluding carboxylic acids is 1. The van der Waals surface area contributed by atoms with Crippen molar-refractivity contribution < 1.29 is 4.79 Å². The number of amides is 2. The summed E-state index contributed by atoms with van der Waals surface area (Å²) in [5.74, 6) is 0.870. The molecule has 1 atom stereocenters. The van der Waals surface area contributed by atoms with Gasteiger partial charge in [-0.15, -0.1) is 0 Å². The zero-order chi connectivity index (χ0) is 19.9. The number of hydrogen-bond acceptors (Lipinski definition) is 5. The second kappa shape index (κ2) is 9.84. The van der Waals surface area contributed by atoms with Crippen molar-refractivity contribution in [2.45, 2.75) is 31.8 Å². The van der Waals surface area contributed by atoms with E-state index in [1.165, 1.54) is 31.2 Å². The summed E-state index contributed by atoms with van der Waals surface area (Å²) in [4.78, 5) is 23.7. The van der Waals surface area contributed by atoms with E-state index in [4.69, 9.17) is 0 Å². The Labute approximate surface area is 172 Å². The molecule has 29 heavy (non-hydrogen) atoms. The Bertz CT molecular complexity index is 738. The van der Waals surface area contributed by atoms with Crippen LogP contribution in [0.1, 0.15) is 36.7 Å². The highest BCUT2D eigenvalue weighted by molar-refractivity contribution is 5.74. The molecule has 0 radical (unpaired) electrons. The molecule has 2 N–H and O–H groups in total. The largest absolute Gasteiger partial charge is 0.336 e. The molecule has 1 aromatic carbocycles. The Balaban J connectivity index is 1.29. The average Bonchev–Trinajstić information content (AvgIpc) is 3.29. The summed E-state index contributed by atoms with van der Waals surface area (Å²) in [6, 6.07) is 10.9. The third-order valence-corrected chi connectivity index (χ3v) is 5.96. The van der Waals surface area contributed by atoms with Crippen LogP contribution in [0.25, 0.3) is 0 Å². The highest BCUT2D eigenvalue weighted by atomic mass is 16.2. The standard InChI is InChI=1S/C21H31N7O/c29-21(28-13-11-26(12-14-28)16-20-23-17-24-25-20)22-15-19(18-7-3-1-4-8-18)27-9-5-2-6-10-27/h1,3-4,7-8,17,19H,2,5-6,9-16H2,(H,22,29)(H,23,24,25). The van der Waals surface area contributed by atoms with Crippen LogP contribution in [0.4, 0.5) is 4.79 Å². The summed E-state index contributed by atoms with van der Waals surface area (Å²) in [6.45, 7) is 6.79. The van der Waals surface area contributed by atoms with E-state index < -0.39 is 0 Å². The molecule has 2 amide bonds. The Morgan fingerprint density at radius 1 is 1.03 bits per heavy atom. The van der Waals surface area contributed by atoms with E-state index in [0.717, 1.165) is 51.6 Å². The summed E-state index contributed by atoms with van der Waals surface area (Å²) in [6.07, 6.45) is 5.32. The number of rotatable bonds is 6. The molecule has 2 aliphatic heterocycles. The van der Waals surface area contributed by atoms with Crippen LogP contribution >= 0.6 is 0 Å². The highest BCUT2D eigenvalue weighted by Gasteiger charge is 2.25. The second-order valence-corrected chi connectivity index (χ2v) is 7.90. The van der Waals surface area contributed by atoms with Crippen molar-refractivity contribution in [3.8, 4) is 0 Å². The minimum Gasteiger partial charge on any atom is -0.336 e. The normalized spacial score (nSPS) is 19.8. The fourth-order valence-electron chi connectivity index (χ4n) is 4.29. The van der Waals surface area contributed by atoms with Crippen LogP contribution in [-0.2, 0) is 6.54 Å². The number of nitrogens with zero attached hydrogens (tertiary/aromatic N) is 5. The molecule has 1 aromatic heterocycles. The lowest BCUT2D eigenvalue weighted by atomic mass is 10.0. The quantitative estimate of drug-likeness (QED) is 0.778. The molecule has 8 heteroatoms. The van der Waals surface area contributed by atoms with Gasteiger partial charge in [-0.25, -0.2) is 9.78 Å². The SMILES string of the molecule is O=C(NCC(c1ccccc1)N1CCCCC1)N1CCN(Cc2ncn[nH]2)CC1. The first kappa shape index (κ1) is 19.8. The van der Waals surface area contributed by atoms with Gasteiger partial charge in [0.2, 0.25) is 0 Å². The fourth-order valence-corrected chi connectivity index (χ4v) is 4.29. The van der Waals surface area contributed by atoms with Gasteiger partial charge in [-0.05, 0) is 31.5 Å². The molecule has 2 saturated heterocycles. The first-order chi connectivity index (χ1) is 14.3. The molecule has 2 fully saturated rings. The second-order valence-electron chi connectivity index (χ2n) is 7.90. The number of urea groups is 1. The molecule has 4 rings (SSSR count). The summed E-state index contributed by atoms with van der Waals surface area (Å²) < 4.78 is 0. The number of H-pyrrole nitrogens is 1. The summed E-state index contributed by atoms with van der Waals surface area (Å²) in [7, 11) is 0. The number of nitrogens with one attached hydrogen (secondary N) is 2. The average molecular weight is 398 g/mol. The Kier molecular flexibility index (Phi) is 6.74. The molecular formula is C21H31N7O. The fraction of sp³-hybridized carbons (Fsp3) is 0.571. The van der Waals surface area contributed by atoms with Gasteiger partial charge in [-0.1, -0.05) is 36.8 Å². The number of piperidine rings is 1. The maximum Gasteiger partial charge on any atom is 0.317 e. The number of aromatic nitrogens is 3. The molecule has 8 nitrogen and oxygen atoms in total. The van der Waals surface area contributed by atoms with Crippen molar-refractivity contribution in [3.05, 3.63) is 48.0 Å². The van der Waals surface area contributed by atoms with Crippen LogP contribution in [0.15, 0.2) is 36.7 Å². The zero-order valence-electron chi connectivity index (χ0n) is 17.0. The number of carbonyl (C=O) groups is 1. The molecule has 2 aliphatic rings. The van der Waals surface area contributed by atoms with Crippen LogP contribution in [0.5, 0.6) is 0 Å². The Morgan fingerprint density at radius 2 is 1.79 bits per heavy atom. The lowest BCUT2D eigenvalue weighted by Gasteiger charge is -2.37. The molecule has 3 heterocycles. The molecule has 1 unspecified atom stereocenters. The van der Waals surface area contributed by atoms with Gasteiger partial charge in [0.1, 0.15) is 12.2 Å². The zero-order valence-corrected chi connectivity index (χ0v) is 17.0. The summed E-state index contributed by atoms with van der Waals surface area (Å²) in [5.41, 5.74) is 1.28. The molecular weight excluding hydrogens is 366 g/mol. The van der Waals surface area contributed by atoms with Crippen LogP contribution in [0, 0.1) is 0 Å². The molecule has 156 valence electrons. The van der Waals surface area contributed by atoms with Crippen molar-refractivity contribution in [2.75, 3.05) is 45.8 Å². The Morgan fingerprint density at radius 3 is 2.48 bits per heavy atom. The first-order valence-electron chi connectivity index (χ1n) is 10.7. The number of benzene rings is 1. The van der Waals surface area contributed by atoms with Gasteiger partial charge in [0, 0.05) is 32.7 Å². The number of hydrogen-bond donors (Lipinski definition) is 2. The third kappa shape index (κ3) is 5.33. The highest BCUT2D eigenvalue weighted by Crippen LogP contribution is 2.24. The first-order valence-corrected chi connectivity index (χ1v) is 10.7. The number of piperazine rings is 1. The summed E-state index contributed by atoms with van der Waals surface area (Å²) in [5, 5.41) is 10.00. The van der Waals surface area contributed by atoms with Crippen molar-refractivity contribution in [1.82, 2.24) is 35.2 Å². The minimum absolute atomic E-state index is 0.0438. The van der Waals surface area contributed by atoms with Crippen LogP contribution < -0.4 is 5.32 Å². The van der Waals surface area contributed by atoms with Crippen LogP contribution in [0.3, 0.4) is 0 Å². The molecule has 0 saturated carbocycles. The number of aromatic amines is 1. The van der Waals surface area contributed by atoms with E-state index in [1.807, 2.05) is 11.0 Å². The van der Waals surface area contributed by atoms with Gasteiger partial charge >= 0.3 is 6.03 Å². The molecule has 0 spiro atoms. The minimum atomic E-state index is 0.0438.